The van der Waals surface area contributed by atoms with Crippen LogP contribution in [0.3, 0.4) is 0 Å². The molecule has 0 aliphatic carbocycles. The summed E-state index contributed by atoms with van der Waals surface area (Å²) >= 11 is 1.17. The Bertz CT molecular complexity index is 648. The Morgan fingerprint density at radius 2 is 2.45 bits per heavy atom. The Morgan fingerprint density at radius 1 is 1.55 bits per heavy atom. The smallest absolute Gasteiger partial charge is 0.283 e. The van der Waals surface area contributed by atoms with Crippen molar-refractivity contribution in [1.82, 2.24) is 29.8 Å². The van der Waals surface area contributed by atoms with Gasteiger partial charge in [0.2, 0.25) is 5.16 Å². The quantitative estimate of drug-likeness (QED) is 0.790. The van der Waals surface area contributed by atoms with Crippen molar-refractivity contribution in [1.29, 1.82) is 0 Å². The van der Waals surface area contributed by atoms with Gasteiger partial charge >= 0.3 is 0 Å². The van der Waals surface area contributed by atoms with Crippen LogP contribution in [0.2, 0.25) is 0 Å². The Kier molecular flexibility index (Phi) is 3.79. The third-order valence-corrected chi connectivity index (χ3v) is 4.02. The molecule has 9 heteroatoms. The summed E-state index contributed by atoms with van der Waals surface area (Å²) in [5.41, 5.74) is -0.163. The molecule has 2 aromatic heterocycles. The van der Waals surface area contributed by atoms with E-state index in [9.17, 15) is 4.79 Å². The molecule has 1 aliphatic heterocycles. The zero-order valence-electron chi connectivity index (χ0n) is 11.0. The van der Waals surface area contributed by atoms with Crippen molar-refractivity contribution in [2.45, 2.75) is 35.7 Å². The van der Waals surface area contributed by atoms with E-state index in [-0.39, 0.29) is 11.7 Å². The summed E-state index contributed by atoms with van der Waals surface area (Å²) in [5, 5.41) is 12.5. The lowest BCUT2D eigenvalue weighted by molar-refractivity contribution is 0.0912. The molecule has 0 radical (unpaired) electrons. The molecule has 3 heterocycles. The monoisotopic (exact) mass is 294 g/mol. The normalized spacial score (nSPS) is 18.6. The van der Waals surface area contributed by atoms with Crippen molar-refractivity contribution in [3.63, 3.8) is 0 Å². The topological polar surface area (TPSA) is 87.7 Å². The maximum Gasteiger partial charge on any atom is 0.283 e. The Balaban J connectivity index is 1.79. The van der Waals surface area contributed by atoms with E-state index in [1.165, 1.54) is 16.3 Å². The highest BCUT2D eigenvalue weighted by Gasteiger charge is 2.20. The van der Waals surface area contributed by atoms with Crippen LogP contribution in [-0.4, -0.2) is 42.5 Å². The van der Waals surface area contributed by atoms with Gasteiger partial charge in [-0.1, -0.05) is 0 Å². The van der Waals surface area contributed by atoms with Crippen LogP contribution in [0.5, 0.6) is 0 Å². The molecule has 0 saturated carbocycles. The van der Waals surface area contributed by atoms with Gasteiger partial charge in [-0.2, -0.15) is 0 Å². The lowest BCUT2D eigenvalue weighted by Gasteiger charge is -2.09. The van der Waals surface area contributed by atoms with Crippen LogP contribution in [0.15, 0.2) is 27.4 Å². The van der Waals surface area contributed by atoms with Gasteiger partial charge in [0.05, 0.1) is 12.6 Å². The maximum absolute atomic E-state index is 11.9. The summed E-state index contributed by atoms with van der Waals surface area (Å²) in [7, 11) is 1.68. The standard InChI is InChI=1S/C11H14N6O2S/c1-16-5-4-12-9(10(16)18)20-11-13-14-15-17(11)7-8-3-2-6-19-8/h4-5,8H,2-3,6-7H2,1H3/t8-/m1/s1. The van der Waals surface area contributed by atoms with E-state index >= 15 is 0 Å². The minimum atomic E-state index is -0.163. The summed E-state index contributed by atoms with van der Waals surface area (Å²) in [6, 6.07) is 0. The van der Waals surface area contributed by atoms with Crippen molar-refractivity contribution >= 4 is 11.8 Å². The second kappa shape index (κ2) is 5.71. The van der Waals surface area contributed by atoms with Crippen molar-refractivity contribution < 1.29 is 4.74 Å². The number of hydrogen-bond acceptors (Lipinski definition) is 7. The number of rotatable bonds is 4. The average Bonchev–Trinajstić information content (AvgIpc) is 3.08. The molecule has 1 saturated heterocycles. The van der Waals surface area contributed by atoms with Crippen LogP contribution in [0.4, 0.5) is 0 Å². The first kappa shape index (κ1) is 13.3. The summed E-state index contributed by atoms with van der Waals surface area (Å²) in [5.74, 6) is 0. The van der Waals surface area contributed by atoms with Gasteiger partial charge in [-0.25, -0.2) is 9.67 Å². The number of hydrogen-bond donors (Lipinski definition) is 0. The highest BCUT2D eigenvalue weighted by Crippen LogP contribution is 2.21. The van der Waals surface area contributed by atoms with E-state index in [0.717, 1.165) is 19.4 Å². The largest absolute Gasteiger partial charge is 0.376 e. The fourth-order valence-electron chi connectivity index (χ4n) is 2.00. The summed E-state index contributed by atoms with van der Waals surface area (Å²) in [4.78, 5) is 16.0. The third kappa shape index (κ3) is 2.73. The Hall–Kier alpha value is -1.74. The molecular weight excluding hydrogens is 280 g/mol. The molecule has 20 heavy (non-hydrogen) atoms. The lowest BCUT2D eigenvalue weighted by atomic mass is 10.2. The third-order valence-electron chi connectivity index (χ3n) is 3.07. The van der Waals surface area contributed by atoms with E-state index in [2.05, 4.69) is 20.5 Å². The van der Waals surface area contributed by atoms with Gasteiger partial charge in [0.25, 0.3) is 5.56 Å². The lowest BCUT2D eigenvalue weighted by Crippen LogP contribution is -2.20. The van der Waals surface area contributed by atoms with Gasteiger partial charge in [0, 0.05) is 26.0 Å². The van der Waals surface area contributed by atoms with E-state index in [1.807, 2.05) is 0 Å². The first-order chi connectivity index (χ1) is 9.74. The van der Waals surface area contributed by atoms with Crippen LogP contribution >= 0.6 is 11.8 Å². The van der Waals surface area contributed by atoms with E-state index in [0.29, 0.717) is 16.7 Å². The first-order valence-electron chi connectivity index (χ1n) is 6.31. The second-order valence-electron chi connectivity index (χ2n) is 4.53. The highest BCUT2D eigenvalue weighted by atomic mass is 32.2. The molecule has 1 aliphatic rings. The van der Waals surface area contributed by atoms with E-state index < -0.39 is 0 Å². The minimum Gasteiger partial charge on any atom is -0.376 e. The first-order valence-corrected chi connectivity index (χ1v) is 7.13. The van der Waals surface area contributed by atoms with Gasteiger partial charge in [-0.15, -0.1) is 5.10 Å². The fraction of sp³-hybridized carbons (Fsp3) is 0.545. The molecule has 0 amide bonds. The van der Waals surface area contributed by atoms with Crippen LogP contribution in [0, 0.1) is 0 Å². The fourth-order valence-corrected chi connectivity index (χ4v) is 2.81. The highest BCUT2D eigenvalue weighted by molar-refractivity contribution is 7.99. The summed E-state index contributed by atoms with van der Waals surface area (Å²) in [6.45, 7) is 1.39. The molecule has 0 spiro atoms. The molecule has 1 fully saturated rings. The molecule has 2 aromatic rings. The Labute approximate surface area is 119 Å². The molecule has 8 nitrogen and oxygen atoms in total. The minimum absolute atomic E-state index is 0.143. The molecule has 0 bridgehead atoms. The molecule has 3 rings (SSSR count). The predicted molar refractivity (Wildman–Crippen MR) is 70.4 cm³/mol. The summed E-state index contributed by atoms with van der Waals surface area (Å²) < 4.78 is 8.70. The zero-order chi connectivity index (χ0) is 13.9. The Morgan fingerprint density at radius 3 is 3.25 bits per heavy atom. The second-order valence-corrected chi connectivity index (χ2v) is 5.49. The van der Waals surface area contributed by atoms with Crippen molar-refractivity contribution in [2.75, 3.05) is 6.61 Å². The molecule has 0 N–H and O–H groups in total. The SMILES string of the molecule is Cn1ccnc(Sc2nnnn2C[C@H]2CCCO2)c1=O. The van der Waals surface area contributed by atoms with Crippen LogP contribution < -0.4 is 5.56 Å². The van der Waals surface area contributed by atoms with E-state index in [4.69, 9.17) is 4.74 Å². The van der Waals surface area contributed by atoms with Crippen LogP contribution in [0.25, 0.3) is 0 Å². The number of aromatic nitrogens is 6. The summed E-state index contributed by atoms with van der Waals surface area (Å²) in [6.07, 6.45) is 5.41. The number of aryl methyl sites for hydroxylation is 1. The molecule has 1 atom stereocenters. The van der Waals surface area contributed by atoms with E-state index in [1.54, 1.807) is 24.1 Å². The van der Waals surface area contributed by atoms with Crippen LogP contribution in [0.1, 0.15) is 12.8 Å². The van der Waals surface area contributed by atoms with Gasteiger partial charge in [0.1, 0.15) is 0 Å². The zero-order valence-corrected chi connectivity index (χ0v) is 11.8. The number of ether oxygens (including phenoxy) is 1. The van der Waals surface area contributed by atoms with Gasteiger partial charge < -0.3 is 9.30 Å². The van der Waals surface area contributed by atoms with Gasteiger partial charge in [0.15, 0.2) is 5.03 Å². The van der Waals surface area contributed by atoms with Crippen molar-refractivity contribution in [3.8, 4) is 0 Å². The van der Waals surface area contributed by atoms with Crippen LogP contribution in [-0.2, 0) is 18.3 Å². The van der Waals surface area contributed by atoms with Crippen molar-refractivity contribution in [2.24, 2.45) is 7.05 Å². The van der Waals surface area contributed by atoms with Gasteiger partial charge in [-0.3, -0.25) is 4.79 Å². The molecule has 0 aromatic carbocycles. The number of nitrogens with zero attached hydrogens (tertiary/aromatic N) is 6. The molecule has 0 unspecified atom stereocenters. The molecule has 106 valence electrons. The van der Waals surface area contributed by atoms with Crippen molar-refractivity contribution in [3.05, 3.63) is 22.7 Å². The maximum atomic E-state index is 11.9. The predicted octanol–water partition coefficient (Wildman–Crippen LogP) is 0.0970. The van der Waals surface area contributed by atoms with Gasteiger partial charge in [-0.05, 0) is 35.0 Å². The number of tetrazole rings is 1. The average molecular weight is 294 g/mol. The molecular formula is C11H14N6O2S.